The van der Waals surface area contributed by atoms with E-state index < -0.39 is 4.92 Å². The molecule has 2 aromatic rings. The first-order chi connectivity index (χ1) is 9.51. The second kappa shape index (κ2) is 5.43. The molecule has 0 unspecified atom stereocenters. The van der Waals surface area contributed by atoms with Gasteiger partial charge in [0.2, 0.25) is 11.6 Å². The Morgan fingerprint density at radius 2 is 2.05 bits per heavy atom. The Labute approximate surface area is 115 Å². The molecule has 0 aliphatic heterocycles. The van der Waals surface area contributed by atoms with Gasteiger partial charge in [0, 0.05) is 18.2 Å². The summed E-state index contributed by atoms with van der Waals surface area (Å²) in [7, 11) is 1.47. The number of hydrogen-bond donors (Lipinski definition) is 1. The molecule has 0 saturated carbocycles. The lowest BCUT2D eigenvalue weighted by Gasteiger charge is -2.08. The van der Waals surface area contributed by atoms with Gasteiger partial charge in [-0.25, -0.2) is 4.98 Å². The number of benzene rings is 1. The van der Waals surface area contributed by atoms with Crippen LogP contribution in [0.5, 0.6) is 17.4 Å². The lowest BCUT2D eigenvalue weighted by atomic mass is 10.3. The Morgan fingerprint density at radius 3 is 2.65 bits per heavy atom. The summed E-state index contributed by atoms with van der Waals surface area (Å²) in [6.45, 7) is 1.72. The van der Waals surface area contributed by atoms with E-state index in [1.54, 1.807) is 19.1 Å². The van der Waals surface area contributed by atoms with Crippen LogP contribution in [0.1, 0.15) is 5.69 Å². The number of nitro groups is 1. The zero-order valence-electron chi connectivity index (χ0n) is 11.0. The molecule has 7 heteroatoms. The van der Waals surface area contributed by atoms with Crippen molar-refractivity contribution < 1.29 is 14.4 Å². The maximum Gasteiger partial charge on any atom is 0.311 e. The smallest absolute Gasteiger partial charge is 0.311 e. The highest BCUT2D eigenvalue weighted by Crippen LogP contribution is 2.34. The largest absolute Gasteiger partial charge is 0.497 e. The predicted octanol–water partition coefficient (Wildman–Crippen LogP) is 2.68. The second-order valence-electron chi connectivity index (χ2n) is 4.02. The Balaban J connectivity index is 2.40. The molecule has 0 bridgehead atoms. The average molecular weight is 275 g/mol. The van der Waals surface area contributed by atoms with E-state index in [-0.39, 0.29) is 17.3 Å². The number of nitrogens with two attached hydrogens (primary N) is 1. The zero-order chi connectivity index (χ0) is 14.7. The normalized spacial score (nSPS) is 10.1. The van der Waals surface area contributed by atoms with Crippen LogP contribution in [0, 0.1) is 17.0 Å². The summed E-state index contributed by atoms with van der Waals surface area (Å²) < 4.78 is 10.5. The number of anilines is 1. The summed E-state index contributed by atoms with van der Waals surface area (Å²) in [6, 6.07) is 7.42. The predicted molar refractivity (Wildman–Crippen MR) is 73.1 cm³/mol. The number of nitrogens with zero attached hydrogens (tertiary/aromatic N) is 2. The standard InChI is InChI=1S/C13H13N3O4/c1-8-10(14)4-6-13(15-8)20-12-7-9(19-2)3-5-11(12)16(17)18/h3-7H,14H2,1-2H3. The number of hydrogen-bond acceptors (Lipinski definition) is 6. The molecule has 1 aromatic carbocycles. The number of ether oxygens (including phenoxy) is 2. The molecule has 1 heterocycles. The van der Waals surface area contributed by atoms with Gasteiger partial charge in [-0.1, -0.05) is 0 Å². The second-order valence-corrected chi connectivity index (χ2v) is 4.02. The van der Waals surface area contributed by atoms with E-state index in [1.165, 1.54) is 25.3 Å². The molecule has 20 heavy (non-hydrogen) atoms. The quantitative estimate of drug-likeness (QED) is 0.680. The van der Waals surface area contributed by atoms with E-state index in [9.17, 15) is 10.1 Å². The number of rotatable bonds is 4. The van der Waals surface area contributed by atoms with Crippen molar-refractivity contribution in [3.8, 4) is 17.4 Å². The van der Waals surface area contributed by atoms with Gasteiger partial charge in [0.05, 0.1) is 23.4 Å². The Bertz CT molecular complexity index is 658. The molecule has 104 valence electrons. The van der Waals surface area contributed by atoms with Crippen molar-refractivity contribution in [1.82, 2.24) is 4.98 Å². The Kier molecular flexibility index (Phi) is 3.69. The van der Waals surface area contributed by atoms with E-state index in [0.29, 0.717) is 17.1 Å². The lowest BCUT2D eigenvalue weighted by molar-refractivity contribution is -0.385. The van der Waals surface area contributed by atoms with Crippen LogP contribution in [0.4, 0.5) is 11.4 Å². The number of aromatic nitrogens is 1. The third kappa shape index (κ3) is 2.77. The first kappa shape index (κ1) is 13.6. The molecule has 0 aliphatic carbocycles. The average Bonchev–Trinajstić information content (AvgIpc) is 2.42. The van der Waals surface area contributed by atoms with Gasteiger partial charge in [0.15, 0.2) is 0 Å². The van der Waals surface area contributed by atoms with Gasteiger partial charge in [-0.15, -0.1) is 0 Å². The van der Waals surface area contributed by atoms with Gasteiger partial charge in [-0.3, -0.25) is 10.1 Å². The molecule has 0 radical (unpaired) electrons. The molecule has 0 atom stereocenters. The van der Waals surface area contributed by atoms with Crippen LogP contribution >= 0.6 is 0 Å². The fraction of sp³-hybridized carbons (Fsp3) is 0.154. The maximum atomic E-state index is 11.0. The molecule has 2 N–H and O–H groups in total. The monoisotopic (exact) mass is 275 g/mol. The van der Waals surface area contributed by atoms with Crippen LogP contribution < -0.4 is 15.2 Å². The summed E-state index contributed by atoms with van der Waals surface area (Å²) in [4.78, 5) is 14.6. The number of nitrogen functional groups attached to an aromatic ring is 1. The first-order valence-electron chi connectivity index (χ1n) is 5.74. The minimum atomic E-state index is -0.529. The molecule has 0 aliphatic rings. The molecule has 0 amide bonds. The molecule has 0 fully saturated rings. The van der Waals surface area contributed by atoms with Gasteiger partial charge >= 0.3 is 5.69 Å². The highest BCUT2D eigenvalue weighted by Gasteiger charge is 2.17. The third-order valence-electron chi connectivity index (χ3n) is 2.68. The molecule has 0 saturated heterocycles. The van der Waals surface area contributed by atoms with Crippen LogP contribution in [-0.2, 0) is 0 Å². The summed E-state index contributed by atoms with van der Waals surface area (Å²) in [6.07, 6.45) is 0. The van der Waals surface area contributed by atoms with E-state index in [1.807, 2.05) is 0 Å². The van der Waals surface area contributed by atoms with Crippen LogP contribution in [0.15, 0.2) is 30.3 Å². The van der Waals surface area contributed by atoms with Crippen LogP contribution in [-0.4, -0.2) is 17.0 Å². The van der Waals surface area contributed by atoms with E-state index in [2.05, 4.69) is 4.98 Å². The van der Waals surface area contributed by atoms with Crippen molar-refractivity contribution in [2.45, 2.75) is 6.92 Å². The van der Waals surface area contributed by atoms with Gasteiger partial charge in [-0.05, 0) is 19.1 Å². The first-order valence-corrected chi connectivity index (χ1v) is 5.74. The van der Waals surface area contributed by atoms with Crippen molar-refractivity contribution in [3.63, 3.8) is 0 Å². The maximum absolute atomic E-state index is 11.0. The van der Waals surface area contributed by atoms with Crippen LogP contribution in [0.25, 0.3) is 0 Å². The highest BCUT2D eigenvalue weighted by molar-refractivity contribution is 5.52. The summed E-state index contributed by atoms with van der Waals surface area (Å²) in [5.41, 5.74) is 6.61. The molecule has 1 aromatic heterocycles. The van der Waals surface area contributed by atoms with Crippen molar-refractivity contribution in [3.05, 3.63) is 46.1 Å². The van der Waals surface area contributed by atoms with E-state index >= 15 is 0 Å². The minimum Gasteiger partial charge on any atom is -0.497 e. The van der Waals surface area contributed by atoms with Gasteiger partial charge < -0.3 is 15.2 Å². The number of nitro benzene ring substituents is 1. The van der Waals surface area contributed by atoms with Crippen LogP contribution in [0.2, 0.25) is 0 Å². The zero-order valence-corrected chi connectivity index (χ0v) is 11.0. The molecule has 0 spiro atoms. The Hall–Kier alpha value is -2.83. The van der Waals surface area contributed by atoms with Gasteiger partial charge in [0.25, 0.3) is 0 Å². The number of pyridine rings is 1. The lowest BCUT2D eigenvalue weighted by Crippen LogP contribution is -1.98. The highest BCUT2D eigenvalue weighted by atomic mass is 16.6. The summed E-state index contributed by atoms with van der Waals surface area (Å²) in [5, 5.41) is 11.0. The third-order valence-corrected chi connectivity index (χ3v) is 2.68. The van der Waals surface area contributed by atoms with E-state index in [4.69, 9.17) is 15.2 Å². The van der Waals surface area contributed by atoms with Crippen molar-refractivity contribution in [1.29, 1.82) is 0 Å². The Morgan fingerprint density at radius 1 is 1.30 bits per heavy atom. The van der Waals surface area contributed by atoms with E-state index in [0.717, 1.165) is 0 Å². The van der Waals surface area contributed by atoms with Crippen molar-refractivity contribution in [2.75, 3.05) is 12.8 Å². The topological polar surface area (TPSA) is 101 Å². The summed E-state index contributed by atoms with van der Waals surface area (Å²) in [5.74, 6) is 0.747. The minimum absolute atomic E-state index is 0.0611. The van der Waals surface area contributed by atoms with Crippen molar-refractivity contribution >= 4 is 11.4 Å². The molecular formula is C13H13N3O4. The number of methoxy groups -OCH3 is 1. The fourth-order valence-electron chi connectivity index (χ4n) is 1.57. The number of aryl methyl sites for hydroxylation is 1. The van der Waals surface area contributed by atoms with Gasteiger partial charge in [-0.2, -0.15) is 0 Å². The van der Waals surface area contributed by atoms with Gasteiger partial charge in [0.1, 0.15) is 5.75 Å². The SMILES string of the molecule is COc1ccc([N+](=O)[O-])c(Oc2ccc(N)c(C)n2)c1. The molecule has 7 nitrogen and oxygen atoms in total. The fourth-order valence-corrected chi connectivity index (χ4v) is 1.57. The summed E-state index contributed by atoms with van der Waals surface area (Å²) >= 11 is 0. The van der Waals surface area contributed by atoms with Crippen LogP contribution in [0.3, 0.4) is 0 Å². The van der Waals surface area contributed by atoms with Crippen molar-refractivity contribution in [2.24, 2.45) is 0 Å². The molecular weight excluding hydrogens is 262 g/mol. The molecule has 2 rings (SSSR count).